The first kappa shape index (κ1) is 18.3. The molecule has 0 fully saturated rings. The van der Waals surface area contributed by atoms with Crippen LogP contribution in [0.3, 0.4) is 0 Å². The number of hydrogen-bond acceptors (Lipinski definition) is 6. The minimum absolute atomic E-state index is 0.0390. The Bertz CT molecular complexity index is 1040. The van der Waals surface area contributed by atoms with Gasteiger partial charge in [0, 0.05) is 11.9 Å². The summed E-state index contributed by atoms with van der Waals surface area (Å²) in [7, 11) is 1.60. The van der Waals surface area contributed by atoms with E-state index in [1.54, 1.807) is 35.3 Å². The highest BCUT2D eigenvalue weighted by molar-refractivity contribution is 7.99. The highest BCUT2D eigenvalue weighted by Crippen LogP contribution is 2.36. The lowest BCUT2D eigenvalue weighted by atomic mass is 9.89. The quantitative estimate of drug-likeness (QED) is 0.523. The largest absolute Gasteiger partial charge is 0.467 e. The van der Waals surface area contributed by atoms with Crippen molar-refractivity contribution in [2.45, 2.75) is 37.9 Å². The molecule has 0 aromatic carbocycles. The summed E-state index contributed by atoms with van der Waals surface area (Å²) in [6.45, 7) is 2.56. The molecular weight excluding hydrogens is 382 g/mol. The van der Waals surface area contributed by atoms with E-state index in [1.807, 2.05) is 6.07 Å². The molecule has 0 aliphatic heterocycles. The van der Waals surface area contributed by atoms with Gasteiger partial charge in [-0.1, -0.05) is 18.7 Å². The van der Waals surface area contributed by atoms with Gasteiger partial charge in [-0.15, -0.1) is 11.3 Å². The molecule has 1 unspecified atom stereocenters. The molecule has 4 rings (SSSR count). The molecule has 3 heterocycles. The zero-order valence-electron chi connectivity index (χ0n) is 15.3. The molecule has 1 aliphatic rings. The van der Waals surface area contributed by atoms with Crippen molar-refractivity contribution in [2.24, 2.45) is 5.92 Å². The number of thiophene rings is 1. The SMILES string of the molecule is CNC(=O)CSc1nc2sc3c(c2c(=O)n1Cc1ccco1)CCC(C)C3. The van der Waals surface area contributed by atoms with Gasteiger partial charge in [0.2, 0.25) is 5.91 Å². The smallest absolute Gasteiger partial charge is 0.263 e. The number of rotatable bonds is 5. The van der Waals surface area contributed by atoms with Crippen molar-refractivity contribution in [3.05, 3.63) is 45.0 Å². The summed E-state index contributed by atoms with van der Waals surface area (Å²) in [4.78, 5) is 31.9. The zero-order chi connectivity index (χ0) is 19.0. The Kier molecular flexibility index (Phi) is 5.10. The number of nitrogens with zero attached hydrogens (tertiary/aromatic N) is 2. The third-order valence-electron chi connectivity index (χ3n) is 4.89. The Labute approximate surface area is 165 Å². The summed E-state index contributed by atoms with van der Waals surface area (Å²) in [5.74, 6) is 1.45. The van der Waals surface area contributed by atoms with Gasteiger partial charge in [0.25, 0.3) is 5.56 Å². The van der Waals surface area contributed by atoms with Gasteiger partial charge in [-0.3, -0.25) is 14.2 Å². The Hall–Kier alpha value is -2.06. The first-order valence-corrected chi connectivity index (χ1v) is 10.8. The van der Waals surface area contributed by atoms with Crippen LogP contribution < -0.4 is 10.9 Å². The van der Waals surface area contributed by atoms with E-state index >= 15 is 0 Å². The van der Waals surface area contributed by atoms with Crippen LogP contribution in [0.2, 0.25) is 0 Å². The van der Waals surface area contributed by atoms with E-state index in [9.17, 15) is 9.59 Å². The van der Waals surface area contributed by atoms with E-state index in [0.717, 1.165) is 29.5 Å². The molecule has 1 aliphatic carbocycles. The number of aromatic nitrogens is 2. The van der Waals surface area contributed by atoms with Gasteiger partial charge in [-0.2, -0.15) is 0 Å². The van der Waals surface area contributed by atoms with Gasteiger partial charge >= 0.3 is 0 Å². The van der Waals surface area contributed by atoms with Gasteiger partial charge in [-0.25, -0.2) is 4.98 Å². The molecule has 8 heteroatoms. The molecule has 1 amide bonds. The van der Waals surface area contributed by atoms with Gasteiger partial charge in [-0.05, 0) is 42.9 Å². The van der Waals surface area contributed by atoms with Crippen LogP contribution in [0.1, 0.15) is 29.5 Å². The fourth-order valence-corrected chi connectivity index (χ4v) is 5.71. The average molecular weight is 404 g/mol. The third-order valence-corrected chi connectivity index (χ3v) is 7.01. The van der Waals surface area contributed by atoms with Gasteiger partial charge < -0.3 is 9.73 Å². The molecule has 0 spiro atoms. The first-order chi connectivity index (χ1) is 13.1. The lowest BCUT2D eigenvalue weighted by molar-refractivity contribution is -0.118. The van der Waals surface area contributed by atoms with Crippen LogP contribution in [0.5, 0.6) is 0 Å². The van der Waals surface area contributed by atoms with Gasteiger partial charge in [0.05, 0.1) is 23.9 Å². The monoisotopic (exact) mass is 403 g/mol. The van der Waals surface area contributed by atoms with Crippen molar-refractivity contribution >= 4 is 39.2 Å². The lowest BCUT2D eigenvalue weighted by Crippen LogP contribution is -2.26. The molecule has 0 bridgehead atoms. The molecule has 1 N–H and O–H groups in total. The molecule has 0 saturated carbocycles. The number of fused-ring (bicyclic) bond motifs is 3. The molecule has 3 aromatic rings. The molecule has 0 saturated heterocycles. The second-order valence-electron chi connectivity index (χ2n) is 6.86. The van der Waals surface area contributed by atoms with Crippen molar-refractivity contribution in [1.82, 2.24) is 14.9 Å². The van der Waals surface area contributed by atoms with Crippen molar-refractivity contribution < 1.29 is 9.21 Å². The van der Waals surface area contributed by atoms with E-state index in [0.29, 0.717) is 23.4 Å². The summed E-state index contributed by atoms with van der Waals surface area (Å²) >= 11 is 2.91. The predicted molar refractivity (Wildman–Crippen MR) is 108 cm³/mol. The Morgan fingerprint density at radius 2 is 2.37 bits per heavy atom. The van der Waals surface area contributed by atoms with Crippen molar-refractivity contribution in [3.63, 3.8) is 0 Å². The molecule has 27 heavy (non-hydrogen) atoms. The Balaban J connectivity index is 1.83. The standard InChI is InChI=1S/C19H21N3O3S2/c1-11-5-6-13-14(8-11)27-17-16(13)18(24)22(9-12-4-3-7-25-12)19(21-17)26-10-15(23)20-2/h3-4,7,11H,5-6,8-10H2,1-2H3,(H,20,23). The maximum atomic E-state index is 13.4. The number of amides is 1. The maximum absolute atomic E-state index is 13.4. The number of hydrogen-bond donors (Lipinski definition) is 1. The summed E-state index contributed by atoms with van der Waals surface area (Å²) < 4.78 is 7.08. The summed E-state index contributed by atoms with van der Waals surface area (Å²) in [5.41, 5.74) is 1.13. The number of nitrogens with one attached hydrogen (secondary N) is 1. The topological polar surface area (TPSA) is 77.1 Å². The summed E-state index contributed by atoms with van der Waals surface area (Å²) in [5, 5.41) is 3.91. The van der Waals surface area contributed by atoms with E-state index < -0.39 is 0 Å². The Morgan fingerprint density at radius 3 is 3.11 bits per heavy atom. The minimum atomic E-state index is -0.0989. The molecule has 1 atom stereocenters. The molecule has 142 valence electrons. The van der Waals surface area contributed by atoms with Crippen LogP contribution in [0.15, 0.2) is 32.8 Å². The van der Waals surface area contributed by atoms with Crippen LogP contribution in [0.4, 0.5) is 0 Å². The highest BCUT2D eigenvalue weighted by Gasteiger charge is 2.25. The highest BCUT2D eigenvalue weighted by atomic mass is 32.2. The van der Waals surface area contributed by atoms with Crippen molar-refractivity contribution in [2.75, 3.05) is 12.8 Å². The summed E-state index contributed by atoms with van der Waals surface area (Å²) in [6, 6.07) is 3.64. The minimum Gasteiger partial charge on any atom is -0.467 e. The number of carbonyl (C=O) groups excluding carboxylic acids is 1. The van der Waals surface area contributed by atoms with Crippen LogP contribution in [0, 0.1) is 5.92 Å². The fraction of sp³-hybridized carbons (Fsp3) is 0.421. The van der Waals surface area contributed by atoms with Crippen LogP contribution >= 0.6 is 23.1 Å². The van der Waals surface area contributed by atoms with Crippen LogP contribution in [0.25, 0.3) is 10.2 Å². The zero-order valence-corrected chi connectivity index (χ0v) is 16.9. The van der Waals surface area contributed by atoms with Gasteiger partial charge in [0.15, 0.2) is 5.16 Å². The van der Waals surface area contributed by atoms with Crippen molar-refractivity contribution in [3.8, 4) is 0 Å². The number of thioether (sulfide) groups is 1. The van der Waals surface area contributed by atoms with E-state index in [2.05, 4.69) is 12.2 Å². The average Bonchev–Trinajstić information content (AvgIpc) is 3.29. The number of furan rings is 1. The number of aryl methyl sites for hydroxylation is 1. The normalized spacial score (nSPS) is 16.4. The lowest BCUT2D eigenvalue weighted by Gasteiger charge is -2.17. The van der Waals surface area contributed by atoms with Crippen molar-refractivity contribution in [1.29, 1.82) is 0 Å². The Morgan fingerprint density at radius 1 is 1.52 bits per heavy atom. The predicted octanol–water partition coefficient (Wildman–Crippen LogP) is 3.06. The van der Waals surface area contributed by atoms with Crippen LogP contribution in [-0.4, -0.2) is 28.3 Å². The van der Waals surface area contributed by atoms with E-state index in [-0.39, 0.29) is 17.2 Å². The molecular formula is C19H21N3O3S2. The van der Waals surface area contributed by atoms with Crippen LogP contribution in [-0.2, 0) is 24.2 Å². The number of carbonyl (C=O) groups is 1. The fourth-order valence-electron chi connectivity index (χ4n) is 3.42. The maximum Gasteiger partial charge on any atom is 0.263 e. The second-order valence-corrected chi connectivity index (χ2v) is 8.88. The first-order valence-electron chi connectivity index (χ1n) is 8.97. The van der Waals surface area contributed by atoms with E-state index in [1.165, 1.54) is 22.2 Å². The third kappa shape index (κ3) is 3.55. The molecule has 6 nitrogen and oxygen atoms in total. The summed E-state index contributed by atoms with van der Waals surface area (Å²) in [6.07, 6.45) is 4.63. The van der Waals surface area contributed by atoms with E-state index in [4.69, 9.17) is 9.40 Å². The molecule has 3 aromatic heterocycles. The molecule has 0 radical (unpaired) electrons. The second kappa shape index (κ2) is 7.52. The van der Waals surface area contributed by atoms with Gasteiger partial charge in [0.1, 0.15) is 10.6 Å².